The summed E-state index contributed by atoms with van der Waals surface area (Å²) in [5.41, 5.74) is 7.73. The number of hydrogen-bond acceptors (Lipinski definition) is 3. The van der Waals surface area contributed by atoms with Crippen molar-refractivity contribution in [1.29, 1.82) is 0 Å². The molecular weight excluding hydrogens is 290 g/mol. The fourth-order valence-corrected chi connectivity index (χ4v) is 2.51. The molecule has 23 heavy (non-hydrogen) atoms. The van der Waals surface area contributed by atoms with Crippen LogP contribution in [0.5, 0.6) is 0 Å². The van der Waals surface area contributed by atoms with Crippen molar-refractivity contribution in [2.45, 2.75) is 58.7 Å². The van der Waals surface area contributed by atoms with E-state index in [-0.39, 0.29) is 17.7 Å². The molecule has 5 nitrogen and oxygen atoms in total. The van der Waals surface area contributed by atoms with E-state index in [0.29, 0.717) is 12.6 Å². The topological polar surface area (TPSA) is 75.4 Å². The molecule has 1 aromatic carbocycles. The number of carbonyl (C=O) groups excluding carboxylic acids is 2. The molecule has 126 valence electrons. The number of anilines is 1. The Morgan fingerprint density at radius 1 is 1.30 bits per heavy atom. The van der Waals surface area contributed by atoms with E-state index in [1.807, 2.05) is 43.0 Å². The van der Waals surface area contributed by atoms with Gasteiger partial charge in [0, 0.05) is 25.2 Å². The lowest BCUT2D eigenvalue weighted by Crippen LogP contribution is -2.40. The van der Waals surface area contributed by atoms with Crippen molar-refractivity contribution in [3.05, 3.63) is 29.8 Å². The second-order valence-electron chi connectivity index (χ2n) is 6.48. The molecule has 0 spiro atoms. The van der Waals surface area contributed by atoms with E-state index in [4.69, 9.17) is 5.73 Å². The van der Waals surface area contributed by atoms with E-state index in [1.54, 1.807) is 6.92 Å². The van der Waals surface area contributed by atoms with Gasteiger partial charge < -0.3 is 16.0 Å². The number of hydrogen-bond donors (Lipinski definition) is 2. The van der Waals surface area contributed by atoms with E-state index in [9.17, 15) is 9.59 Å². The maximum absolute atomic E-state index is 12.1. The Labute approximate surface area is 138 Å². The average Bonchev–Trinajstić information content (AvgIpc) is 3.36. The second-order valence-corrected chi connectivity index (χ2v) is 6.48. The molecule has 0 heterocycles. The lowest BCUT2D eigenvalue weighted by molar-refractivity contribution is -0.130. The highest BCUT2D eigenvalue weighted by molar-refractivity contribution is 5.94. The van der Waals surface area contributed by atoms with Gasteiger partial charge in [0.25, 0.3) is 0 Å². The number of amides is 2. The molecule has 1 aliphatic rings. The van der Waals surface area contributed by atoms with Gasteiger partial charge in [-0.15, -0.1) is 0 Å². The predicted octanol–water partition coefficient (Wildman–Crippen LogP) is 2.51. The first-order valence-electron chi connectivity index (χ1n) is 8.35. The van der Waals surface area contributed by atoms with Gasteiger partial charge >= 0.3 is 0 Å². The normalized spacial score (nSPS) is 16.5. The summed E-state index contributed by atoms with van der Waals surface area (Å²) in [6.45, 7) is 6.23. The van der Waals surface area contributed by atoms with Crippen LogP contribution in [0.4, 0.5) is 5.69 Å². The summed E-state index contributed by atoms with van der Waals surface area (Å²) in [6, 6.07) is 7.53. The Balaban J connectivity index is 1.94. The molecule has 2 rings (SSSR count). The molecule has 0 aliphatic heterocycles. The van der Waals surface area contributed by atoms with Crippen molar-refractivity contribution in [3.8, 4) is 0 Å². The number of carbonyl (C=O) groups is 2. The Kier molecular flexibility index (Phi) is 5.77. The molecule has 2 amide bonds. The molecule has 0 aromatic heterocycles. The average molecular weight is 317 g/mol. The minimum absolute atomic E-state index is 0.115. The molecule has 1 fully saturated rings. The highest BCUT2D eigenvalue weighted by Crippen LogP contribution is 2.28. The first kappa shape index (κ1) is 17.5. The molecule has 1 saturated carbocycles. The van der Waals surface area contributed by atoms with E-state index in [2.05, 4.69) is 5.32 Å². The van der Waals surface area contributed by atoms with Crippen LogP contribution >= 0.6 is 0 Å². The molecule has 0 saturated heterocycles. The third-order valence-corrected chi connectivity index (χ3v) is 4.53. The minimum Gasteiger partial charge on any atom is -0.336 e. The number of nitrogens with zero attached hydrogens (tertiary/aromatic N) is 1. The van der Waals surface area contributed by atoms with E-state index < -0.39 is 6.04 Å². The zero-order chi connectivity index (χ0) is 17.0. The van der Waals surface area contributed by atoms with Crippen molar-refractivity contribution in [3.63, 3.8) is 0 Å². The molecular formula is C18H27N3O2. The summed E-state index contributed by atoms with van der Waals surface area (Å²) < 4.78 is 0. The molecule has 1 aliphatic carbocycles. The maximum Gasteiger partial charge on any atom is 0.241 e. The summed E-state index contributed by atoms with van der Waals surface area (Å²) >= 11 is 0. The highest BCUT2D eigenvalue weighted by atomic mass is 16.2. The molecule has 1 aromatic rings. The van der Waals surface area contributed by atoms with Gasteiger partial charge in [-0.25, -0.2) is 0 Å². The smallest absolute Gasteiger partial charge is 0.241 e. The summed E-state index contributed by atoms with van der Waals surface area (Å²) in [7, 11) is 0. The van der Waals surface area contributed by atoms with Crippen LogP contribution in [0.15, 0.2) is 24.3 Å². The fraction of sp³-hybridized carbons (Fsp3) is 0.556. The molecule has 0 bridgehead atoms. The molecule has 2 atom stereocenters. The summed E-state index contributed by atoms with van der Waals surface area (Å²) in [4.78, 5) is 25.6. The van der Waals surface area contributed by atoms with Crippen LogP contribution in [0.3, 0.4) is 0 Å². The van der Waals surface area contributed by atoms with E-state index in [1.165, 1.54) is 0 Å². The van der Waals surface area contributed by atoms with Crippen LogP contribution in [0.25, 0.3) is 0 Å². The third-order valence-electron chi connectivity index (χ3n) is 4.53. The van der Waals surface area contributed by atoms with Gasteiger partial charge in [-0.3, -0.25) is 9.59 Å². The SMILES string of the molecule is CCC(C)C(N)C(=O)Nc1ccc(CN(C(C)=O)C2CC2)cc1. The Morgan fingerprint density at radius 3 is 2.39 bits per heavy atom. The predicted molar refractivity (Wildman–Crippen MR) is 91.7 cm³/mol. The zero-order valence-corrected chi connectivity index (χ0v) is 14.2. The Bertz CT molecular complexity index is 552. The summed E-state index contributed by atoms with van der Waals surface area (Å²) in [5, 5.41) is 2.85. The van der Waals surface area contributed by atoms with Crippen molar-refractivity contribution in [1.82, 2.24) is 4.90 Å². The van der Waals surface area contributed by atoms with Gasteiger partial charge in [-0.05, 0) is 36.5 Å². The van der Waals surface area contributed by atoms with Gasteiger partial charge in [0.2, 0.25) is 11.8 Å². The molecule has 2 unspecified atom stereocenters. The first-order valence-corrected chi connectivity index (χ1v) is 8.35. The molecule has 5 heteroatoms. The quantitative estimate of drug-likeness (QED) is 0.811. The maximum atomic E-state index is 12.1. The fourth-order valence-electron chi connectivity index (χ4n) is 2.51. The number of benzene rings is 1. The largest absolute Gasteiger partial charge is 0.336 e. The lowest BCUT2D eigenvalue weighted by Gasteiger charge is -2.21. The van der Waals surface area contributed by atoms with Crippen LogP contribution in [0.2, 0.25) is 0 Å². The van der Waals surface area contributed by atoms with Gasteiger partial charge in [-0.1, -0.05) is 32.4 Å². The van der Waals surface area contributed by atoms with Crippen molar-refractivity contribution < 1.29 is 9.59 Å². The summed E-state index contributed by atoms with van der Waals surface area (Å²) in [5.74, 6) is 0.108. The Hall–Kier alpha value is -1.88. The number of rotatable bonds is 7. The van der Waals surface area contributed by atoms with Crippen LogP contribution < -0.4 is 11.1 Å². The first-order chi connectivity index (χ1) is 10.9. The van der Waals surface area contributed by atoms with Crippen LogP contribution in [-0.2, 0) is 16.1 Å². The van der Waals surface area contributed by atoms with Crippen molar-refractivity contribution in [2.24, 2.45) is 11.7 Å². The van der Waals surface area contributed by atoms with Gasteiger partial charge in [-0.2, -0.15) is 0 Å². The summed E-state index contributed by atoms with van der Waals surface area (Å²) in [6.07, 6.45) is 3.07. The van der Waals surface area contributed by atoms with E-state index in [0.717, 1.165) is 30.5 Å². The van der Waals surface area contributed by atoms with Crippen LogP contribution in [0, 0.1) is 5.92 Å². The van der Waals surface area contributed by atoms with Gasteiger partial charge in [0.05, 0.1) is 6.04 Å². The van der Waals surface area contributed by atoms with Gasteiger partial charge in [0.1, 0.15) is 0 Å². The lowest BCUT2D eigenvalue weighted by atomic mass is 9.99. The second kappa shape index (κ2) is 7.59. The molecule has 0 radical (unpaired) electrons. The van der Waals surface area contributed by atoms with E-state index >= 15 is 0 Å². The van der Waals surface area contributed by atoms with Crippen molar-refractivity contribution >= 4 is 17.5 Å². The molecule has 3 N–H and O–H groups in total. The van der Waals surface area contributed by atoms with Crippen LogP contribution in [0.1, 0.15) is 45.6 Å². The van der Waals surface area contributed by atoms with Crippen molar-refractivity contribution in [2.75, 3.05) is 5.32 Å². The number of nitrogens with one attached hydrogen (secondary N) is 1. The van der Waals surface area contributed by atoms with Gasteiger partial charge in [0.15, 0.2) is 0 Å². The zero-order valence-electron chi connectivity index (χ0n) is 14.2. The Morgan fingerprint density at radius 2 is 1.91 bits per heavy atom. The highest BCUT2D eigenvalue weighted by Gasteiger charge is 2.30. The standard InChI is InChI=1S/C18H27N3O2/c1-4-12(2)17(19)18(23)20-15-7-5-14(6-8-15)11-21(13(3)22)16-9-10-16/h5-8,12,16-17H,4,9-11,19H2,1-3H3,(H,20,23). The third kappa shape index (κ3) is 4.79. The monoisotopic (exact) mass is 317 g/mol. The van der Waals surface area contributed by atoms with Crippen LogP contribution in [-0.4, -0.2) is 28.8 Å². The number of nitrogens with two attached hydrogens (primary N) is 1. The minimum atomic E-state index is -0.497.